The Labute approximate surface area is 140 Å². The molecule has 0 aliphatic carbocycles. The molecule has 0 saturated carbocycles. The molecule has 2 aromatic carbocycles. The van der Waals surface area contributed by atoms with Crippen molar-refractivity contribution in [1.29, 1.82) is 5.26 Å². The van der Waals surface area contributed by atoms with Gasteiger partial charge in [0.05, 0.1) is 23.2 Å². The molecule has 0 aromatic heterocycles. The second kappa shape index (κ2) is 6.81. The van der Waals surface area contributed by atoms with Crippen LogP contribution < -0.4 is 0 Å². The molecule has 1 amide bonds. The van der Waals surface area contributed by atoms with E-state index in [2.05, 4.69) is 4.90 Å². The summed E-state index contributed by atoms with van der Waals surface area (Å²) in [7, 11) is 2.01. The van der Waals surface area contributed by atoms with E-state index in [1.807, 2.05) is 43.4 Å². The number of piperazine rings is 1. The predicted octanol–water partition coefficient (Wildman–Crippen LogP) is 2.83. The van der Waals surface area contributed by atoms with Crippen molar-refractivity contribution >= 4 is 5.91 Å². The molecule has 122 valence electrons. The maximum Gasteiger partial charge on any atom is 0.257 e. The van der Waals surface area contributed by atoms with Crippen molar-refractivity contribution in [1.82, 2.24) is 9.80 Å². The van der Waals surface area contributed by atoms with Crippen molar-refractivity contribution in [2.75, 3.05) is 26.7 Å². The minimum Gasteiger partial charge on any atom is -0.329 e. The van der Waals surface area contributed by atoms with E-state index in [0.717, 1.165) is 18.2 Å². The molecule has 0 spiro atoms. The number of carbonyl (C=O) groups excluding carboxylic acids is 1. The van der Waals surface area contributed by atoms with Crippen molar-refractivity contribution < 1.29 is 9.18 Å². The second-order valence-corrected chi connectivity index (χ2v) is 5.99. The molecular formula is C19H18FN3O. The Balaban J connectivity index is 1.93. The van der Waals surface area contributed by atoms with Gasteiger partial charge >= 0.3 is 0 Å². The Morgan fingerprint density at radius 3 is 2.62 bits per heavy atom. The van der Waals surface area contributed by atoms with Gasteiger partial charge in [0.2, 0.25) is 0 Å². The van der Waals surface area contributed by atoms with Gasteiger partial charge in [-0.1, -0.05) is 30.3 Å². The zero-order chi connectivity index (χ0) is 17.1. The molecule has 0 bridgehead atoms. The maximum atomic E-state index is 14.2. The lowest BCUT2D eigenvalue weighted by atomic mass is 10.0. The lowest BCUT2D eigenvalue weighted by Crippen LogP contribution is -2.49. The quantitative estimate of drug-likeness (QED) is 0.854. The zero-order valence-electron chi connectivity index (χ0n) is 13.4. The number of amides is 1. The summed E-state index contributed by atoms with van der Waals surface area (Å²) in [5, 5.41) is 8.84. The molecular weight excluding hydrogens is 305 g/mol. The van der Waals surface area contributed by atoms with Crippen molar-refractivity contribution in [3.8, 4) is 6.07 Å². The standard InChI is InChI=1S/C19H18FN3O/c1-22-9-10-23(18(13-22)15-5-3-2-4-6-15)19(24)16-8-7-14(12-21)11-17(16)20/h2-8,11,18H,9-10,13H2,1H3. The van der Waals surface area contributed by atoms with E-state index in [4.69, 9.17) is 5.26 Å². The van der Waals surface area contributed by atoms with Crippen LogP contribution in [-0.4, -0.2) is 42.4 Å². The van der Waals surface area contributed by atoms with Crippen LogP contribution in [0.1, 0.15) is 27.5 Å². The van der Waals surface area contributed by atoms with Crippen LogP contribution in [0.5, 0.6) is 0 Å². The normalized spacial score (nSPS) is 18.2. The number of likely N-dealkylation sites (N-methyl/N-ethyl adjacent to an activating group) is 1. The first-order valence-corrected chi connectivity index (χ1v) is 7.84. The van der Waals surface area contributed by atoms with E-state index >= 15 is 0 Å². The Bertz CT molecular complexity index is 785. The highest BCUT2D eigenvalue weighted by atomic mass is 19.1. The third kappa shape index (κ3) is 3.15. The number of rotatable bonds is 2. The molecule has 4 nitrogen and oxygen atoms in total. The third-order valence-electron chi connectivity index (χ3n) is 4.36. The van der Waals surface area contributed by atoms with E-state index in [1.165, 1.54) is 12.1 Å². The summed E-state index contributed by atoms with van der Waals surface area (Å²) >= 11 is 0. The lowest BCUT2D eigenvalue weighted by Gasteiger charge is -2.40. The third-order valence-corrected chi connectivity index (χ3v) is 4.36. The molecule has 1 atom stereocenters. The number of nitrogens with zero attached hydrogens (tertiary/aromatic N) is 3. The first-order valence-electron chi connectivity index (χ1n) is 7.84. The van der Waals surface area contributed by atoms with Gasteiger partial charge in [-0.25, -0.2) is 4.39 Å². The van der Waals surface area contributed by atoms with Crippen LogP contribution in [0.2, 0.25) is 0 Å². The van der Waals surface area contributed by atoms with Gasteiger partial charge in [-0.05, 0) is 30.8 Å². The summed E-state index contributed by atoms with van der Waals surface area (Å²) in [5.74, 6) is -0.983. The van der Waals surface area contributed by atoms with E-state index in [-0.39, 0.29) is 23.1 Å². The van der Waals surface area contributed by atoms with Crippen LogP contribution in [0.15, 0.2) is 48.5 Å². The Morgan fingerprint density at radius 1 is 1.21 bits per heavy atom. The first-order chi connectivity index (χ1) is 11.6. The molecule has 1 unspecified atom stereocenters. The Morgan fingerprint density at radius 2 is 1.96 bits per heavy atom. The van der Waals surface area contributed by atoms with Crippen LogP contribution in [0.3, 0.4) is 0 Å². The summed E-state index contributed by atoms with van der Waals surface area (Å²) in [6.07, 6.45) is 0. The topological polar surface area (TPSA) is 47.3 Å². The average Bonchev–Trinajstić information content (AvgIpc) is 2.61. The summed E-state index contributed by atoms with van der Waals surface area (Å²) in [5.41, 5.74) is 1.26. The van der Waals surface area contributed by atoms with Crippen LogP contribution in [0.25, 0.3) is 0 Å². The highest BCUT2D eigenvalue weighted by Gasteiger charge is 2.31. The number of halogens is 1. The van der Waals surface area contributed by atoms with E-state index < -0.39 is 5.82 Å². The number of hydrogen-bond acceptors (Lipinski definition) is 3. The van der Waals surface area contributed by atoms with Crippen LogP contribution >= 0.6 is 0 Å². The monoisotopic (exact) mass is 323 g/mol. The largest absolute Gasteiger partial charge is 0.329 e. The first kappa shape index (κ1) is 16.2. The fourth-order valence-electron chi connectivity index (χ4n) is 3.04. The highest BCUT2D eigenvalue weighted by Crippen LogP contribution is 2.27. The molecule has 0 N–H and O–H groups in total. The predicted molar refractivity (Wildman–Crippen MR) is 88.8 cm³/mol. The summed E-state index contributed by atoms with van der Waals surface area (Å²) in [6.45, 7) is 1.98. The maximum absolute atomic E-state index is 14.2. The smallest absolute Gasteiger partial charge is 0.257 e. The molecule has 0 radical (unpaired) electrons. The van der Waals surface area contributed by atoms with Crippen LogP contribution in [0.4, 0.5) is 4.39 Å². The van der Waals surface area contributed by atoms with Crippen molar-refractivity contribution in [2.24, 2.45) is 0 Å². The van der Waals surface area contributed by atoms with Crippen LogP contribution in [0, 0.1) is 17.1 Å². The number of nitriles is 1. The highest BCUT2D eigenvalue weighted by molar-refractivity contribution is 5.95. The van der Waals surface area contributed by atoms with Gasteiger partial charge in [-0.2, -0.15) is 5.26 Å². The molecule has 1 aliphatic heterocycles. The van der Waals surface area contributed by atoms with E-state index in [9.17, 15) is 9.18 Å². The van der Waals surface area contributed by atoms with Gasteiger partial charge in [0, 0.05) is 19.6 Å². The second-order valence-electron chi connectivity index (χ2n) is 5.99. The minimum absolute atomic E-state index is 0.0134. The SMILES string of the molecule is CN1CCN(C(=O)c2ccc(C#N)cc2F)C(c2ccccc2)C1. The van der Waals surface area contributed by atoms with Gasteiger partial charge < -0.3 is 9.80 Å². The van der Waals surface area contributed by atoms with Gasteiger partial charge in [-0.3, -0.25) is 4.79 Å². The van der Waals surface area contributed by atoms with Crippen molar-refractivity contribution in [3.05, 3.63) is 71.0 Å². The molecule has 1 aliphatic rings. The molecule has 3 rings (SSSR count). The molecule has 1 saturated heterocycles. The minimum atomic E-state index is -0.648. The van der Waals surface area contributed by atoms with Gasteiger partial charge in [0.25, 0.3) is 5.91 Å². The zero-order valence-corrected chi connectivity index (χ0v) is 13.4. The van der Waals surface area contributed by atoms with Crippen molar-refractivity contribution in [3.63, 3.8) is 0 Å². The van der Waals surface area contributed by atoms with E-state index in [0.29, 0.717) is 13.1 Å². The molecule has 5 heteroatoms. The van der Waals surface area contributed by atoms with Gasteiger partial charge in [-0.15, -0.1) is 0 Å². The summed E-state index contributed by atoms with van der Waals surface area (Å²) in [6, 6.07) is 15.5. The van der Waals surface area contributed by atoms with Gasteiger partial charge in [0.1, 0.15) is 5.82 Å². The Kier molecular flexibility index (Phi) is 4.59. The summed E-state index contributed by atoms with van der Waals surface area (Å²) in [4.78, 5) is 16.8. The molecule has 2 aromatic rings. The van der Waals surface area contributed by atoms with Crippen LogP contribution in [-0.2, 0) is 0 Å². The van der Waals surface area contributed by atoms with Crippen molar-refractivity contribution in [2.45, 2.75) is 6.04 Å². The summed E-state index contributed by atoms with van der Waals surface area (Å²) < 4.78 is 14.2. The lowest BCUT2D eigenvalue weighted by molar-refractivity contribution is 0.0493. The number of carbonyl (C=O) groups is 1. The molecule has 1 heterocycles. The number of benzene rings is 2. The fourth-order valence-corrected chi connectivity index (χ4v) is 3.04. The van der Waals surface area contributed by atoms with E-state index in [1.54, 1.807) is 4.90 Å². The fraction of sp³-hybridized carbons (Fsp3) is 0.263. The Hall–Kier alpha value is -2.71. The molecule has 1 fully saturated rings. The number of hydrogen-bond donors (Lipinski definition) is 0. The van der Waals surface area contributed by atoms with Gasteiger partial charge in [0.15, 0.2) is 0 Å². The molecule has 24 heavy (non-hydrogen) atoms. The average molecular weight is 323 g/mol.